The molecule has 0 bridgehead atoms. The van der Waals surface area contributed by atoms with E-state index in [4.69, 9.17) is 4.74 Å². The number of hydrogen-bond acceptors (Lipinski definition) is 4. The fourth-order valence-electron chi connectivity index (χ4n) is 5.32. The number of ether oxygens (including phenoxy) is 1. The lowest BCUT2D eigenvalue weighted by molar-refractivity contribution is 0.159. The standard InChI is InChI=1S/C27H32FN5O2/c1-4-35-24-11-6-5-9-20(24)17-33-26-21(16-30(3)29-26)18-32(27(33)34)22-12-14-31(15-13-22)25-19(2)8-7-10-23(25)28/h5-11,16,22H,4,12-15,17-18H2,1-3H3. The van der Waals surface area contributed by atoms with Crippen molar-refractivity contribution in [1.82, 2.24) is 14.7 Å². The van der Waals surface area contributed by atoms with Crippen LogP contribution in [0.5, 0.6) is 5.75 Å². The topological polar surface area (TPSA) is 53.8 Å². The highest BCUT2D eigenvalue weighted by Crippen LogP contribution is 2.34. The Kier molecular flexibility index (Phi) is 6.36. The van der Waals surface area contributed by atoms with Crippen molar-refractivity contribution in [2.45, 2.75) is 45.8 Å². The van der Waals surface area contributed by atoms with Crippen molar-refractivity contribution in [3.63, 3.8) is 0 Å². The molecule has 0 radical (unpaired) electrons. The summed E-state index contributed by atoms with van der Waals surface area (Å²) in [5.41, 5.74) is 3.61. The van der Waals surface area contributed by atoms with Crippen molar-refractivity contribution >= 4 is 17.5 Å². The molecule has 0 spiro atoms. The van der Waals surface area contributed by atoms with E-state index in [-0.39, 0.29) is 17.9 Å². The number of benzene rings is 2. The SMILES string of the molecule is CCOc1ccccc1CN1C(=O)N(C2CCN(c3c(C)cccc3F)CC2)Cc2cn(C)nc21. The number of rotatable bonds is 6. The average molecular weight is 478 g/mol. The molecule has 5 rings (SSSR count). The van der Waals surface area contributed by atoms with Crippen LogP contribution in [0.4, 0.5) is 20.7 Å². The molecule has 0 saturated carbocycles. The molecule has 3 heterocycles. The van der Waals surface area contributed by atoms with E-state index < -0.39 is 0 Å². The van der Waals surface area contributed by atoms with Gasteiger partial charge in [0.1, 0.15) is 11.6 Å². The summed E-state index contributed by atoms with van der Waals surface area (Å²) in [4.78, 5) is 19.7. The van der Waals surface area contributed by atoms with Crippen LogP contribution in [-0.4, -0.2) is 46.4 Å². The predicted octanol–water partition coefficient (Wildman–Crippen LogP) is 4.88. The van der Waals surface area contributed by atoms with Gasteiger partial charge in [-0.3, -0.25) is 9.58 Å². The number of piperidine rings is 1. The van der Waals surface area contributed by atoms with Gasteiger partial charge in [0.15, 0.2) is 5.82 Å². The number of carbonyl (C=O) groups is 1. The molecule has 0 unspecified atom stereocenters. The van der Waals surface area contributed by atoms with E-state index in [0.29, 0.717) is 44.3 Å². The van der Waals surface area contributed by atoms with Gasteiger partial charge >= 0.3 is 6.03 Å². The Labute approximate surface area is 205 Å². The Balaban J connectivity index is 1.37. The van der Waals surface area contributed by atoms with Gasteiger partial charge in [-0.15, -0.1) is 0 Å². The van der Waals surface area contributed by atoms with E-state index in [9.17, 15) is 9.18 Å². The van der Waals surface area contributed by atoms with Gasteiger partial charge in [-0.05, 0) is 44.4 Å². The lowest BCUT2D eigenvalue weighted by atomic mass is 10.00. The Morgan fingerprint density at radius 3 is 2.63 bits per heavy atom. The third-order valence-electron chi connectivity index (χ3n) is 6.97. The molecule has 35 heavy (non-hydrogen) atoms. The van der Waals surface area contributed by atoms with Crippen LogP contribution in [0.15, 0.2) is 48.7 Å². The van der Waals surface area contributed by atoms with Crippen molar-refractivity contribution < 1.29 is 13.9 Å². The summed E-state index contributed by atoms with van der Waals surface area (Å²) in [7, 11) is 1.88. The number of aryl methyl sites for hydroxylation is 2. The van der Waals surface area contributed by atoms with Gasteiger partial charge in [-0.25, -0.2) is 9.18 Å². The first-order chi connectivity index (χ1) is 17.0. The monoisotopic (exact) mass is 477 g/mol. The number of para-hydroxylation sites is 2. The van der Waals surface area contributed by atoms with Crippen LogP contribution < -0.4 is 14.5 Å². The molecule has 2 aromatic carbocycles. The Bertz CT molecular complexity index is 1200. The highest BCUT2D eigenvalue weighted by Gasteiger charge is 2.38. The Hall–Kier alpha value is -3.55. The molecule has 1 aromatic heterocycles. The van der Waals surface area contributed by atoms with Crippen LogP contribution in [0, 0.1) is 12.7 Å². The van der Waals surface area contributed by atoms with E-state index in [2.05, 4.69) is 10.00 Å². The second kappa shape index (κ2) is 9.60. The summed E-state index contributed by atoms with van der Waals surface area (Å²) < 4.78 is 22.1. The zero-order valence-electron chi connectivity index (χ0n) is 20.6. The van der Waals surface area contributed by atoms with Crippen LogP contribution >= 0.6 is 0 Å². The number of carbonyl (C=O) groups excluding carboxylic acids is 1. The lowest BCUT2D eigenvalue weighted by Crippen LogP contribution is -2.54. The number of hydrogen-bond donors (Lipinski definition) is 0. The first-order valence-corrected chi connectivity index (χ1v) is 12.3. The van der Waals surface area contributed by atoms with Crippen LogP contribution in [-0.2, 0) is 20.1 Å². The van der Waals surface area contributed by atoms with E-state index in [1.54, 1.807) is 15.6 Å². The zero-order valence-corrected chi connectivity index (χ0v) is 20.6. The van der Waals surface area contributed by atoms with Crippen LogP contribution in [0.3, 0.4) is 0 Å². The van der Waals surface area contributed by atoms with Gasteiger partial charge in [0.2, 0.25) is 0 Å². The van der Waals surface area contributed by atoms with Crippen molar-refractivity contribution in [3.8, 4) is 5.75 Å². The smallest absolute Gasteiger partial charge is 0.326 e. The minimum absolute atomic E-state index is 0.0389. The molecule has 0 atom stereocenters. The highest BCUT2D eigenvalue weighted by molar-refractivity contribution is 5.94. The summed E-state index contributed by atoms with van der Waals surface area (Å²) in [6, 6.07) is 13.1. The molecule has 184 valence electrons. The van der Waals surface area contributed by atoms with Gasteiger partial charge in [0, 0.05) is 43.5 Å². The number of aromatic nitrogens is 2. The second-order valence-corrected chi connectivity index (χ2v) is 9.31. The highest BCUT2D eigenvalue weighted by atomic mass is 19.1. The zero-order chi connectivity index (χ0) is 24.5. The van der Waals surface area contributed by atoms with E-state index in [0.717, 1.165) is 35.3 Å². The number of halogens is 1. The average Bonchev–Trinajstić information content (AvgIpc) is 3.22. The molecule has 1 saturated heterocycles. The number of anilines is 2. The van der Waals surface area contributed by atoms with Crippen molar-refractivity contribution in [1.29, 1.82) is 0 Å². The first kappa shape index (κ1) is 23.2. The van der Waals surface area contributed by atoms with Crippen molar-refractivity contribution in [3.05, 3.63) is 71.2 Å². The maximum Gasteiger partial charge on any atom is 0.326 e. The predicted molar refractivity (Wildman–Crippen MR) is 134 cm³/mol. The maximum absolute atomic E-state index is 14.5. The molecule has 7 nitrogen and oxygen atoms in total. The van der Waals surface area contributed by atoms with Crippen molar-refractivity contribution in [2.75, 3.05) is 29.5 Å². The van der Waals surface area contributed by atoms with Gasteiger partial charge in [0.25, 0.3) is 0 Å². The summed E-state index contributed by atoms with van der Waals surface area (Å²) >= 11 is 0. The van der Waals surface area contributed by atoms with Crippen LogP contribution in [0.25, 0.3) is 0 Å². The van der Waals surface area contributed by atoms with Crippen LogP contribution in [0.1, 0.15) is 36.5 Å². The third-order valence-corrected chi connectivity index (χ3v) is 6.97. The quantitative estimate of drug-likeness (QED) is 0.508. The molecule has 2 aliphatic heterocycles. The van der Waals surface area contributed by atoms with Gasteiger partial charge < -0.3 is 14.5 Å². The van der Waals surface area contributed by atoms with E-state index >= 15 is 0 Å². The van der Waals surface area contributed by atoms with Crippen molar-refractivity contribution in [2.24, 2.45) is 7.05 Å². The fraction of sp³-hybridized carbons (Fsp3) is 0.407. The number of nitrogens with zero attached hydrogens (tertiary/aromatic N) is 5. The Morgan fingerprint density at radius 2 is 1.89 bits per heavy atom. The molecule has 2 aliphatic rings. The number of urea groups is 1. The number of amides is 2. The molecule has 8 heteroatoms. The van der Waals surface area contributed by atoms with Gasteiger partial charge in [0.05, 0.1) is 25.4 Å². The van der Waals surface area contributed by atoms with Crippen LogP contribution in [0.2, 0.25) is 0 Å². The fourth-order valence-corrected chi connectivity index (χ4v) is 5.32. The molecule has 1 fully saturated rings. The van der Waals surface area contributed by atoms with Gasteiger partial charge in [-0.2, -0.15) is 5.10 Å². The summed E-state index contributed by atoms with van der Waals surface area (Å²) in [5.74, 6) is 1.31. The summed E-state index contributed by atoms with van der Waals surface area (Å²) in [6.45, 7) is 6.81. The molecule has 2 amide bonds. The third kappa shape index (κ3) is 4.45. The molecule has 3 aromatic rings. The summed E-state index contributed by atoms with van der Waals surface area (Å²) in [5, 5.41) is 4.61. The molecular formula is C27H32FN5O2. The summed E-state index contributed by atoms with van der Waals surface area (Å²) in [6.07, 6.45) is 3.57. The first-order valence-electron chi connectivity index (χ1n) is 12.3. The minimum Gasteiger partial charge on any atom is -0.494 e. The second-order valence-electron chi connectivity index (χ2n) is 9.31. The van der Waals surface area contributed by atoms with E-state index in [1.165, 1.54) is 6.07 Å². The molecule has 0 N–H and O–H groups in total. The Morgan fingerprint density at radius 1 is 1.11 bits per heavy atom. The molecular weight excluding hydrogens is 445 g/mol. The lowest BCUT2D eigenvalue weighted by Gasteiger charge is -2.43. The van der Waals surface area contributed by atoms with E-state index in [1.807, 2.05) is 62.3 Å². The normalized spacial score (nSPS) is 16.6. The minimum atomic E-state index is -0.184. The molecule has 0 aliphatic carbocycles. The van der Waals surface area contributed by atoms with Gasteiger partial charge in [-0.1, -0.05) is 30.3 Å². The maximum atomic E-state index is 14.5. The number of fused-ring (bicyclic) bond motifs is 1. The largest absolute Gasteiger partial charge is 0.494 e.